The number of rotatable bonds is 3. The summed E-state index contributed by atoms with van der Waals surface area (Å²) in [5.74, 6) is 0.183. The predicted molar refractivity (Wildman–Crippen MR) is 84.1 cm³/mol. The standard InChI is InChI=1S/C14H10ClN3O2S/c1-20-12-10(5-4-9-3-2-6-16-7-9)17-14-18(13(12)19)8-11(15)21-14/h2-8H,1H3. The number of hydrogen-bond donors (Lipinski definition) is 0. The van der Waals surface area contributed by atoms with Crippen LogP contribution >= 0.6 is 22.9 Å². The molecule has 0 N–H and O–H groups in total. The summed E-state index contributed by atoms with van der Waals surface area (Å²) in [6.07, 6.45) is 8.50. The minimum absolute atomic E-state index is 0.183. The molecule has 3 aromatic rings. The van der Waals surface area contributed by atoms with Crippen LogP contribution in [0.4, 0.5) is 0 Å². The van der Waals surface area contributed by atoms with E-state index < -0.39 is 0 Å². The fraction of sp³-hybridized carbons (Fsp3) is 0.0714. The monoisotopic (exact) mass is 319 g/mol. The van der Waals surface area contributed by atoms with Crippen LogP contribution in [0.15, 0.2) is 35.5 Å². The topological polar surface area (TPSA) is 56.5 Å². The third-order valence-corrected chi connectivity index (χ3v) is 3.91. The van der Waals surface area contributed by atoms with Gasteiger partial charge in [0, 0.05) is 18.6 Å². The van der Waals surface area contributed by atoms with Gasteiger partial charge in [-0.2, -0.15) is 0 Å². The molecule has 21 heavy (non-hydrogen) atoms. The maximum atomic E-state index is 12.3. The minimum Gasteiger partial charge on any atom is -0.490 e. The van der Waals surface area contributed by atoms with Crippen molar-refractivity contribution in [3.05, 3.63) is 56.7 Å². The molecular formula is C14H10ClN3O2S. The van der Waals surface area contributed by atoms with E-state index in [-0.39, 0.29) is 11.3 Å². The fourth-order valence-electron chi connectivity index (χ4n) is 1.87. The molecule has 0 aliphatic rings. The van der Waals surface area contributed by atoms with Crippen molar-refractivity contribution >= 4 is 40.1 Å². The second-order valence-electron chi connectivity index (χ2n) is 4.14. The Morgan fingerprint density at radius 3 is 3.00 bits per heavy atom. The normalized spacial score (nSPS) is 11.3. The van der Waals surface area contributed by atoms with Gasteiger partial charge in [-0.15, -0.1) is 0 Å². The van der Waals surface area contributed by atoms with Crippen LogP contribution in [0.2, 0.25) is 4.34 Å². The van der Waals surface area contributed by atoms with E-state index in [1.807, 2.05) is 18.2 Å². The van der Waals surface area contributed by atoms with Crippen molar-refractivity contribution in [2.45, 2.75) is 0 Å². The van der Waals surface area contributed by atoms with Gasteiger partial charge in [0.1, 0.15) is 10.0 Å². The number of pyridine rings is 1. The van der Waals surface area contributed by atoms with Crippen molar-refractivity contribution in [2.75, 3.05) is 7.11 Å². The molecule has 5 nitrogen and oxygen atoms in total. The number of hydrogen-bond acceptors (Lipinski definition) is 5. The molecule has 106 valence electrons. The number of ether oxygens (including phenoxy) is 1. The van der Waals surface area contributed by atoms with Crippen LogP contribution in [0.1, 0.15) is 11.3 Å². The molecule has 0 bridgehead atoms. The number of aromatic nitrogens is 3. The molecule has 0 fully saturated rings. The molecule has 3 rings (SSSR count). The van der Waals surface area contributed by atoms with Crippen molar-refractivity contribution in [1.29, 1.82) is 0 Å². The zero-order valence-electron chi connectivity index (χ0n) is 11.0. The average molecular weight is 320 g/mol. The summed E-state index contributed by atoms with van der Waals surface area (Å²) in [6, 6.07) is 3.74. The fourth-order valence-corrected chi connectivity index (χ4v) is 2.88. The van der Waals surface area contributed by atoms with Gasteiger partial charge in [-0.05, 0) is 17.7 Å². The minimum atomic E-state index is -0.281. The lowest BCUT2D eigenvalue weighted by Crippen LogP contribution is -2.16. The molecule has 0 spiro atoms. The molecule has 0 saturated carbocycles. The summed E-state index contributed by atoms with van der Waals surface area (Å²) in [6.45, 7) is 0. The third-order valence-electron chi connectivity index (χ3n) is 2.81. The van der Waals surface area contributed by atoms with E-state index in [0.717, 1.165) is 5.56 Å². The van der Waals surface area contributed by atoms with E-state index >= 15 is 0 Å². The van der Waals surface area contributed by atoms with Crippen LogP contribution in [0.25, 0.3) is 17.1 Å². The van der Waals surface area contributed by atoms with Crippen LogP contribution < -0.4 is 10.3 Å². The van der Waals surface area contributed by atoms with Crippen LogP contribution in [0.5, 0.6) is 5.75 Å². The maximum Gasteiger partial charge on any atom is 0.301 e. The van der Waals surface area contributed by atoms with Gasteiger partial charge in [0.15, 0.2) is 4.96 Å². The Morgan fingerprint density at radius 2 is 2.29 bits per heavy atom. The summed E-state index contributed by atoms with van der Waals surface area (Å²) >= 11 is 7.16. The van der Waals surface area contributed by atoms with Gasteiger partial charge in [-0.25, -0.2) is 4.98 Å². The van der Waals surface area contributed by atoms with Crippen molar-refractivity contribution in [3.8, 4) is 5.75 Å². The third kappa shape index (κ3) is 2.68. The first-order valence-corrected chi connectivity index (χ1v) is 7.22. The summed E-state index contributed by atoms with van der Waals surface area (Å²) in [4.78, 5) is 21.3. The van der Waals surface area contributed by atoms with E-state index in [0.29, 0.717) is 15.0 Å². The SMILES string of the molecule is COc1c(C=Cc2cccnc2)nc2sc(Cl)cn2c1=O. The summed E-state index contributed by atoms with van der Waals surface area (Å²) < 4.78 is 7.06. The second-order valence-corrected chi connectivity index (χ2v) is 5.78. The maximum absolute atomic E-state index is 12.3. The largest absolute Gasteiger partial charge is 0.490 e. The number of methoxy groups -OCH3 is 1. The zero-order chi connectivity index (χ0) is 14.8. The van der Waals surface area contributed by atoms with Crippen LogP contribution in [-0.4, -0.2) is 21.5 Å². The molecule has 0 radical (unpaired) electrons. The molecule has 0 aliphatic heterocycles. The Morgan fingerprint density at radius 1 is 1.43 bits per heavy atom. The van der Waals surface area contributed by atoms with E-state index in [4.69, 9.17) is 16.3 Å². The Labute approximate surface area is 129 Å². The van der Waals surface area contributed by atoms with Crippen molar-refractivity contribution in [3.63, 3.8) is 0 Å². The number of halogens is 1. The van der Waals surface area contributed by atoms with Crippen LogP contribution in [0.3, 0.4) is 0 Å². The molecule has 0 saturated heterocycles. The van der Waals surface area contributed by atoms with Gasteiger partial charge in [-0.1, -0.05) is 35.1 Å². The lowest BCUT2D eigenvalue weighted by Gasteiger charge is -2.03. The number of fused-ring (bicyclic) bond motifs is 1. The Hall–Kier alpha value is -2.18. The van der Waals surface area contributed by atoms with Crippen molar-refractivity contribution in [1.82, 2.24) is 14.4 Å². The molecule has 7 heteroatoms. The highest BCUT2D eigenvalue weighted by Crippen LogP contribution is 2.23. The smallest absolute Gasteiger partial charge is 0.301 e. The van der Waals surface area contributed by atoms with Crippen molar-refractivity contribution in [2.24, 2.45) is 0 Å². The molecule has 0 amide bonds. The van der Waals surface area contributed by atoms with Gasteiger partial charge in [0.25, 0.3) is 0 Å². The van der Waals surface area contributed by atoms with Crippen LogP contribution in [0, 0.1) is 0 Å². The molecule has 3 aromatic heterocycles. The van der Waals surface area contributed by atoms with Gasteiger partial charge in [0.05, 0.1) is 7.11 Å². The van der Waals surface area contributed by atoms with Gasteiger partial charge < -0.3 is 4.74 Å². The Kier molecular flexibility index (Phi) is 3.72. The van der Waals surface area contributed by atoms with E-state index in [1.54, 1.807) is 18.5 Å². The molecule has 3 heterocycles. The number of nitrogens with zero attached hydrogens (tertiary/aromatic N) is 3. The Bertz CT molecular complexity index is 871. The summed E-state index contributed by atoms with van der Waals surface area (Å²) in [5.41, 5.74) is 1.09. The first-order chi connectivity index (χ1) is 10.2. The molecule has 0 aromatic carbocycles. The predicted octanol–water partition coefficient (Wildman–Crippen LogP) is 2.98. The quantitative estimate of drug-likeness (QED) is 0.744. The van der Waals surface area contributed by atoms with E-state index in [9.17, 15) is 4.79 Å². The van der Waals surface area contributed by atoms with E-state index in [2.05, 4.69) is 9.97 Å². The Balaban J connectivity index is 2.13. The summed E-state index contributed by atoms with van der Waals surface area (Å²) in [7, 11) is 1.44. The van der Waals surface area contributed by atoms with Gasteiger partial charge in [0.2, 0.25) is 5.75 Å². The number of thiazole rings is 1. The van der Waals surface area contributed by atoms with Gasteiger partial charge >= 0.3 is 5.56 Å². The first-order valence-electron chi connectivity index (χ1n) is 6.03. The second kappa shape index (κ2) is 5.67. The van der Waals surface area contributed by atoms with Crippen LogP contribution in [-0.2, 0) is 0 Å². The van der Waals surface area contributed by atoms with Gasteiger partial charge in [-0.3, -0.25) is 14.2 Å². The van der Waals surface area contributed by atoms with Crippen molar-refractivity contribution < 1.29 is 4.74 Å². The highest BCUT2D eigenvalue weighted by Gasteiger charge is 2.13. The molecular weight excluding hydrogens is 310 g/mol. The average Bonchev–Trinajstić information content (AvgIpc) is 2.87. The molecule has 0 aliphatic carbocycles. The summed E-state index contributed by atoms with van der Waals surface area (Å²) in [5, 5.41) is 0. The molecule has 0 atom stereocenters. The lowest BCUT2D eigenvalue weighted by molar-refractivity contribution is 0.404. The highest BCUT2D eigenvalue weighted by atomic mass is 35.5. The zero-order valence-corrected chi connectivity index (χ0v) is 12.6. The lowest BCUT2D eigenvalue weighted by atomic mass is 10.2. The highest BCUT2D eigenvalue weighted by molar-refractivity contribution is 7.20. The van der Waals surface area contributed by atoms with E-state index in [1.165, 1.54) is 29.0 Å². The molecule has 0 unspecified atom stereocenters. The first kappa shape index (κ1) is 13.8.